The fraction of sp³-hybridized carbons (Fsp3) is 0.333. The zero-order valence-corrected chi connectivity index (χ0v) is 12.8. The van der Waals surface area contributed by atoms with Crippen molar-refractivity contribution in [1.82, 2.24) is 4.57 Å². The van der Waals surface area contributed by atoms with Crippen molar-refractivity contribution in [3.63, 3.8) is 0 Å². The first kappa shape index (κ1) is 14.6. The van der Waals surface area contributed by atoms with Gasteiger partial charge in [-0.1, -0.05) is 29.8 Å². The smallest absolute Gasteiger partial charge is 0.258 e. The molecule has 0 radical (unpaired) electrons. The van der Waals surface area contributed by atoms with Gasteiger partial charge in [0.1, 0.15) is 5.92 Å². The van der Waals surface area contributed by atoms with Crippen molar-refractivity contribution in [2.75, 3.05) is 0 Å². The standard InChI is InChI=1S/C15H15N3O3S/c1-10-2-4-11(5-3-10)9-17-6-7-22-15(17)16-14(19)12-8-13(12)18(20)21/h2-7,12-13H,8-9H2,1H3/t12-,13-/m0/s1. The van der Waals surface area contributed by atoms with E-state index in [1.54, 1.807) is 0 Å². The number of hydrogen-bond donors (Lipinski definition) is 0. The summed E-state index contributed by atoms with van der Waals surface area (Å²) < 4.78 is 1.89. The third kappa shape index (κ3) is 3.14. The summed E-state index contributed by atoms with van der Waals surface area (Å²) in [5.41, 5.74) is 2.31. The van der Waals surface area contributed by atoms with Gasteiger partial charge in [-0.3, -0.25) is 14.9 Å². The van der Waals surface area contributed by atoms with Crippen molar-refractivity contribution >= 4 is 17.2 Å². The van der Waals surface area contributed by atoms with Gasteiger partial charge in [0, 0.05) is 29.5 Å². The number of amides is 1. The van der Waals surface area contributed by atoms with Crippen molar-refractivity contribution < 1.29 is 9.72 Å². The summed E-state index contributed by atoms with van der Waals surface area (Å²) in [7, 11) is 0. The zero-order chi connectivity index (χ0) is 15.7. The molecule has 0 N–H and O–H groups in total. The second kappa shape index (κ2) is 5.84. The van der Waals surface area contributed by atoms with Gasteiger partial charge in [-0.2, -0.15) is 4.99 Å². The number of carbonyl (C=O) groups excluding carboxylic acids is 1. The summed E-state index contributed by atoms with van der Waals surface area (Å²) >= 11 is 1.36. The maximum atomic E-state index is 12.0. The average molecular weight is 317 g/mol. The summed E-state index contributed by atoms with van der Waals surface area (Å²) in [6.45, 7) is 2.65. The van der Waals surface area contributed by atoms with Gasteiger partial charge in [0.05, 0.1) is 0 Å². The number of benzene rings is 1. The van der Waals surface area contributed by atoms with Gasteiger partial charge in [-0.25, -0.2) is 0 Å². The molecule has 1 aliphatic rings. The molecule has 0 aliphatic heterocycles. The molecule has 0 unspecified atom stereocenters. The number of rotatable bonds is 4. The van der Waals surface area contributed by atoms with Crippen molar-refractivity contribution in [3.8, 4) is 0 Å². The second-order valence-corrected chi connectivity index (χ2v) is 6.32. The summed E-state index contributed by atoms with van der Waals surface area (Å²) in [6.07, 6.45) is 2.17. The Balaban J connectivity index is 1.77. The van der Waals surface area contributed by atoms with E-state index in [9.17, 15) is 14.9 Å². The molecule has 7 heteroatoms. The fourth-order valence-corrected chi connectivity index (χ4v) is 2.99. The lowest BCUT2D eigenvalue weighted by Crippen LogP contribution is -2.18. The molecule has 1 saturated carbocycles. The van der Waals surface area contributed by atoms with Crippen LogP contribution in [0.4, 0.5) is 0 Å². The van der Waals surface area contributed by atoms with Gasteiger partial charge in [0.2, 0.25) is 6.04 Å². The lowest BCUT2D eigenvalue weighted by molar-refractivity contribution is -0.497. The van der Waals surface area contributed by atoms with Gasteiger partial charge < -0.3 is 4.57 Å². The molecule has 1 fully saturated rings. The van der Waals surface area contributed by atoms with E-state index < -0.39 is 16.9 Å². The lowest BCUT2D eigenvalue weighted by Gasteiger charge is -2.03. The molecule has 2 atom stereocenters. The summed E-state index contributed by atoms with van der Waals surface area (Å²) in [5, 5.41) is 12.5. The van der Waals surface area contributed by atoms with Gasteiger partial charge in [0.25, 0.3) is 5.91 Å². The summed E-state index contributed by atoms with van der Waals surface area (Å²) in [4.78, 5) is 26.8. The van der Waals surface area contributed by atoms with E-state index in [1.165, 1.54) is 16.9 Å². The van der Waals surface area contributed by atoms with Crippen LogP contribution in [0.2, 0.25) is 0 Å². The molecule has 0 saturated heterocycles. The largest absolute Gasteiger partial charge is 0.319 e. The van der Waals surface area contributed by atoms with Gasteiger partial charge in [0.15, 0.2) is 4.80 Å². The molecular formula is C15H15N3O3S. The fourth-order valence-electron chi connectivity index (χ4n) is 2.25. The summed E-state index contributed by atoms with van der Waals surface area (Å²) in [6, 6.07) is 7.40. The predicted molar refractivity (Wildman–Crippen MR) is 82.0 cm³/mol. The maximum Gasteiger partial charge on any atom is 0.258 e. The number of nitro groups is 1. The Morgan fingerprint density at radius 1 is 1.45 bits per heavy atom. The number of aromatic nitrogens is 1. The molecular weight excluding hydrogens is 302 g/mol. The van der Waals surface area contributed by atoms with E-state index in [0.29, 0.717) is 17.8 Å². The Bertz CT molecular complexity index is 776. The normalized spacial score (nSPS) is 20.9. The van der Waals surface area contributed by atoms with Gasteiger partial charge >= 0.3 is 0 Å². The van der Waals surface area contributed by atoms with E-state index in [1.807, 2.05) is 47.3 Å². The quantitative estimate of drug-likeness (QED) is 0.639. The molecule has 6 nitrogen and oxygen atoms in total. The van der Waals surface area contributed by atoms with Crippen LogP contribution in [0.25, 0.3) is 0 Å². The maximum absolute atomic E-state index is 12.0. The average Bonchev–Trinajstić information content (AvgIpc) is 3.19. The Hall–Kier alpha value is -2.28. The van der Waals surface area contributed by atoms with Crippen LogP contribution in [0.5, 0.6) is 0 Å². The van der Waals surface area contributed by atoms with Crippen molar-refractivity contribution in [1.29, 1.82) is 0 Å². The minimum atomic E-state index is -0.748. The SMILES string of the molecule is Cc1ccc(Cn2ccsc2=NC(=O)[C@H]2C[C@@H]2[N+](=O)[O-])cc1. The minimum absolute atomic E-state index is 0.304. The molecule has 1 aromatic carbocycles. The van der Waals surface area contributed by atoms with Crippen LogP contribution in [0.3, 0.4) is 0 Å². The van der Waals surface area contributed by atoms with E-state index in [2.05, 4.69) is 4.99 Å². The third-order valence-electron chi connectivity index (χ3n) is 3.68. The first-order valence-corrected chi connectivity index (χ1v) is 7.84. The first-order valence-electron chi connectivity index (χ1n) is 6.96. The van der Waals surface area contributed by atoms with Crippen LogP contribution in [-0.2, 0) is 11.3 Å². The first-order chi connectivity index (χ1) is 10.5. The number of hydrogen-bond acceptors (Lipinski definition) is 4. The highest BCUT2D eigenvalue weighted by Crippen LogP contribution is 2.33. The summed E-state index contributed by atoms with van der Waals surface area (Å²) in [5.74, 6) is -0.938. The highest BCUT2D eigenvalue weighted by Gasteiger charge is 2.53. The molecule has 1 aromatic heterocycles. The van der Waals surface area contributed by atoms with Crippen LogP contribution in [0.15, 0.2) is 40.8 Å². The lowest BCUT2D eigenvalue weighted by atomic mass is 10.1. The highest BCUT2D eigenvalue weighted by molar-refractivity contribution is 7.07. The van der Waals surface area contributed by atoms with Crippen LogP contribution in [0, 0.1) is 23.0 Å². The second-order valence-electron chi connectivity index (χ2n) is 5.44. The van der Waals surface area contributed by atoms with Gasteiger partial charge in [-0.05, 0) is 12.5 Å². The number of aryl methyl sites for hydroxylation is 1. The Morgan fingerprint density at radius 2 is 2.18 bits per heavy atom. The molecule has 3 rings (SSSR count). The molecule has 0 bridgehead atoms. The van der Waals surface area contributed by atoms with Crippen molar-refractivity contribution in [3.05, 3.63) is 61.9 Å². The minimum Gasteiger partial charge on any atom is -0.319 e. The number of thiazole rings is 1. The molecule has 1 aliphatic carbocycles. The Labute approximate surface area is 130 Å². The van der Waals surface area contributed by atoms with E-state index >= 15 is 0 Å². The van der Waals surface area contributed by atoms with Crippen molar-refractivity contribution in [2.24, 2.45) is 10.9 Å². The monoisotopic (exact) mass is 317 g/mol. The van der Waals surface area contributed by atoms with E-state index in [0.717, 1.165) is 5.56 Å². The van der Waals surface area contributed by atoms with Crippen LogP contribution in [-0.4, -0.2) is 21.4 Å². The topological polar surface area (TPSA) is 77.5 Å². The van der Waals surface area contributed by atoms with E-state index in [4.69, 9.17) is 0 Å². The van der Waals surface area contributed by atoms with Crippen molar-refractivity contribution in [2.45, 2.75) is 25.9 Å². The molecule has 1 heterocycles. The third-order valence-corrected chi connectivity index (χ3v) is 4.48. The Kier molecular flexibility index (Phi) is 3.89. The van der Waals surface area contributed by atoms with Crippen LogP contribution in [0.1, 0.15) is 17.5 Å². The van der Waals surface area contributed by atoms with Crippen LogP contribution >= 0.6 is 11.3 Å². The highest BCUT2D eigenvalue weighted by atomic mass is 32.1. The zero-order valence-electron chi connectivity index (χ0n) is 12.0. The number of nitrogens with zero attached hydrogens (tertiary/aromatic N) is 3. The number of carbonyl (C=O) groups is 1. The predicted octanol–water partition coefficient (Wildman–Crippen LogP) is 2.00. The van der Waals surface area contributed by atoms with E-state index in [-0.39, 0.29) is 5.91 Å². The molecule has 114 valence electrons. The molecule has 2 aromatic rings. The molecule has 0 spiro atoms. The molecule has 22 heavy (non-hydrogen) atoms. The van der Waals surface area contributed by atoms with Gasteiger partial charge in [-0.15, -0.1) is 11.3 Å². The molecule has 1 amide bonds. The van der Waals surface area contributed by atoms with Crippen LogP contribution < -0.4 is 4.80 Å². The Morgan fingerprint density at radius 3 is 2.82 bits per heavy atom.